The second kappa shape index (κ2) is 4.99. The lowest BCUT2D eigenvalue weighted by Gasteiger charge is -2.26. The van der Waals surface area contributed by atoms with Crippen LogP contribution in [0.15, 0.2) is 12.1 Å². The van der Waals surface area contributed by atoms with E-state index in [9.17, 15) is 14.9 Å². The number of hydrogen-bond acceptors (Lipinski definition) is 5. The highest BCUT2D eigenvalue weighted by Crippen LogP contribution is 2.38. The van der Waals surface area contributed by atoms with Crippen molar-refractivity contribution in [1.29, 1.82) is 0 Å². The molecule has 7 nitrogen and oxygen atoms in total. The highest BCUT2D eigenvalue weighted by atomic mass is 16.6. The molecule has 7 heteroatoms. The lowest BCUT2D eigenvalue weighted by atomic mass is 9.85. The summed E-state index contributed by atoms with van der Waals surface area (Å²) < 4.78 is 5.20. The van der Waals surface area contributed by atoms with Gasteiger partial charge in [0, 0.05) is 6.54 Å². The second-order valence-electron chi connectivity index (χ2n) is 5.14. The number of ether oxygens (including phenoxy) is 1. The number of anilines is 2. The maximum Gasteiger partial charge on any atom is 0.296 e. The van der Waals surface area contributed by atoms with Gasteiger partial charge in [-0.1, -0.05) is 6.42 Å². The zero-order valence-electron chi connectivity index (χ0n) is 10.8. The van der Waals surface area contributed by atoms with Crippen LogP contribution in [0.4, 0.5) is 17.1 Å². The standard InChI is InChI=1S/C13H15N3O4/c17-13-7-20-12-5-11(16(18)19)9(4-10(12)15-13)14-6-8-2-1-3-8/h4-5,8,14H,1-3,6-7H2,(H,15,17). The van der Waals surface area contributed by atoms with Gasteiger partial charge in [-0.2, -0.15) is 0 Å². The quantitative estimate of drug-likeness (QED) is 0.649. The van der Waals surface area contributed by atoms with Crippen LogP contribution in [-0.4, -0.2) is 24.0 Å². The van der Waals surface area contributed by atoms with Gasteiger partial charge >= 0.3 is 0 Å². The summed E-state index contributed by atoms with van der Waals surface area (Å²) in [6.45, 7) is 0.605. The second-order valence-corrected chi connectivity index (χ2v) is 5.14. The molecule has 0 atom stereocenters. The molecule has 1 aliphatic carbocycles. The maximum absolute atomic E-state index is 11.3. The Kier molecular flexibility index (Phi) is 3.17. The summed E-state index contributed by atoms with van der Waals surface area (Å²) >= 11 is 0. The van der Waals surface area contributed by atoms with E-state index in [-0.39, 0.29) is 18.2 Å². The molecule has 1 aromatic rings. The first-order chi connectivity index (χ1) is 9.63. The first kappa shape index (κ1) is 12.7. The van der Waals surface area contributed by atoms with E-state index in [0.29, 0.717) is 29.6 Å². The number of amides is 1. The summed E-state index contributed by atoms with van der Waals surface area (Å²) in [7, 11) is 0. The fourth-order valence-electron chi connectivity index (χ4n) is 2.36. The molecule has 2 N–H and O–H groups in total. The van der Waals surface area contributed by atoms with Crippen molar-refractivity contribution < 1.29 is 14.5 Å². The summed E-state index contributed by atoms with van der Waals surface area (Å²) in [6, 6.07) is 2.93. The summed E-state index contributed by atoms with van der Waals surface area (Å²) in [4.78, 5) is 22.0. The average Bonchev–Trinajstić information content (AvgIpc) is 2.35. The zero-order chi connectivity index (χ0) is 14.1. The van der Waals surface area contributed by atoms with Crippen LogP contribution in [0, 0.1) is 16.0 Å². The van der Waals surface area contributed by atoms with E-state index in [1.54, 1.807) is 6.07 Å². The molecule has 1 fully saturated rings. The molecule has 1 saturated carbocycles. The van der Waals surface area contributed by atoms with Gasteiger partial charge in [0.25, 0.3) is 11.6 Å². The Morgan fingerprint density at radius 3 is 2.90 bits per heavy atom. The molecular formula is C13H15N3O4. The molecule has 0 radical (unpaired) electrons. The number of fused-ring (bicyclic) bond motifs is 1. The molecular weight excluding hydrogens is 262 g/mol. The zero-order valence-corrected chi connectivity index (χ0v) is 10.8. The van der Waals surface area contributed by atoms with Gasteiger partial charge < -0.3 is 15.4 Å². The van der Waals surface area contributed by atoms with Crippen molar-refractivity contribution >= 4 is 23.0 Å². The van der Waals surface area contributed by atoms with Crippen LogP contribution in [0.2, 0.25) is 0 Å². The smallest absolute Gasteiger partial charge is 0.296 e. The van der Waals surface area contributed by atoms with E-state index in [1.165, 1.54) is 12.5 Å². The Balaban J connectivity index is 1.86. The van der Waals surface area contributed by atoms with Crippen molar-refractivity contribution in [3.8, 4) is 5.75 Å². The molecule has 0 aromatic heterocycles. The molecule has 1 aromatic carbocycles. The van der Waals surface area contributed by atoms with Crippen molar-refractivity contribution in [3.05, 3.63) is 22.2 Å². The van der Waals surface area contributed by atoms with Crippen LogP contribution in [0.1, 0.15) is 19.3 Å². The van der Waals surface area contributed by atoms with Gasteiger partial charge in [-0.25, -0.2) is 0 Å². The summed E-state index contributed by atoms with van der Waals surface area (Å²) in [5.74, 6) is 0.665. The van der Waals surface area contributed by atoms with Crippen molar-refractivity contribution in [2.45, 2.75) is 19.3 Å². The molecule has 2 aliphatic rings. The van der Waals surface area contributed by atoms with Crippen molar-refractivity contribution in [3.63, 3.8) is 0 Å². The van der Waals surface area contributed by atoms with Crippen LogP contribution in [0.3, 0.4) is 0 Å². The number of benzene rings is 1. The van der Waals surface area contributed by atoms with Crippen LogP contribution in [-0.2, 0) is 4.79 Å². The van der Waals surface area contributed by atoms with Crippen LogP contribution in [0.25, 0.3) is 0 Å². The number of carbonyl (C=O) groups is 1. The molecule has 0 spiro atoms. The van der Waals surface area contributed by atoms with E-state index in [1.807, 2.05) is 0 Å². The van der Waals surface area contributed by atoms with E-state index in [0.717, 1.165) is 12.8 Å². The normalized spacial score (nSPS) is 17.5. The number of nitro groups is 1. The Labute approximate surface area is 115 Å². The van der Waals surface area contributed by atoms with Crippen LogP contribution in [0.5, 0.6) is 5.75 Å². The molecule has 1 aliphatic heterocycles. The minimum Gasteiger partial charge on any atom is -0.481 e. The molecule has 1 amide bonds. The van der Waals surface area contributed by atoms with Gasteiger partial charge in [-0.15, -0.1) is 0 Å². The average molecular weight is 277 g/mol. The van der Waals surface area contributed by atoms with Gasteiger partial charge in [0.15, 0.2) is 12.4 Å². The molecule has 0 unspecified atom stereocenters. The number of hydrogen-bond donors (Lipinski definition) is 2. The minimum absolute atomic E-state index is 0.0285. The van der Waals surface area contributed by atoms with Gasteiger partial charge in [-0.3, -0.25) is 14.9 Å². The van der Waals surface area contributed by atoms with Crippen molar-refractivity contribution in [2.24, 2.45) is 5.92 Å². The Morgan fingerprint density at radius 2 is 2.25 bits per heavy atom. The summed E-state index contributed by atoms with van der Waals surface area (Å²) in [5.41, 5.74) is 0.869. The van der Waals surface area contributed by atoms with Crippen LogP contribution >= 0.6 is 0 Å². The SMILES string of the molecule is O=C1COc2cc([N+](=O)[O-])c(NCC3CCC3)cc2N1. The monoisotopic (exact) mass is 277 g/mol. The van der Waals surface area contributed by atoms with Crippen molar-refractivity contribution in [2.75, 3.05) is 23.8 Å². The Bertz CT molecular complexity index is 569. The number of nitrogens with zero attached hydrogens (tertiary/aromatic N) is 1. The third-order valence-corrected chi connectivity index (χ3v) is 3.73. The first-order valence-corrected chi connectivity index (χ1v) is 6.62. The van der Waals surface area contributed by atoms with Gasteiger partial charge in [0.05, 0.1) is 16.7 Å². The fraction of sp³-hybridized carbons (Fsp3) is 0.462. The van der Waals surface area contributed by atoms with Gasteiger partial charge in [0.1, 0.15) is 5.69 Å². The molecule has 20 heavy (non-hydrogen) atoms. The Morgan fingerprint density at radius 1 is 1.45 bits per heavy atom. The van der Waals surface area contributed by atoms with E-state index >= 15 is 0 Å². The molecule has 106 valence electrons. The molecule has 3 rings (SSSR count). The largest absolute Gasteiger partial charge is 0.481 e. The molecule has 0 bridgehead atoms. The van der Waals surface area contributed by atoms with Gasteiger partial charge in [0.2, 0.25) is 0 Å². The summed E-state index contributed by atoms with van der Waals surface area (Å²) in [5, 5.41) is 16.9. The number of nitro benzene ring substituents is 1. The third-order valence-electron chi connectivity index (χ3n) is 3.73. The van der Waals surface area contributed by atoms with E-state index in [2.05, 4.69) is 10.6 Å². The maximum atomic E-state index is 11.3. The van der Waals surface area contributed by atoms with Gasteiger partial charge in [-0.05, 0) is 24.8 Å². The lowest BCUT2D eigenvalue weighted by Crippen LogP contribution is -2.26. The predicted molar refractivity (Wildman–Crippen MR) is 73.1 cm³/mol. The molecule has 0 saturated heterocycles. The van der Waals surface area contributed by atoms with Crippen molar-refractivity contribution in [1.82, 2.24) is 0 Å². The summed E-state index contributed by atoms with van der Waals surface area (Å²) in [6.07, 6.45) is 3.54. The molecule has 1 heterocycles. The highest BCUT2D eigenvalue weighted by Gasteiger charge is 2.25. The highest BCUT2D eigenvalue weighted by molar-refractivity contribution is 5.96. The van der Waals surface area contributed by atoms with E-state index < -0.39 is 4.92 Å². The van der Waals surface area contributed by atoms with Crippen LogP contribution < -0.4 is 15.4 Å². The lowest BCUT2D eigenvalue weighted by molar-refractivity contribution is -0.384. The number of nitrogens with one attached hydrogen (secondary N) is 2. The Hall–Kier alpha value is -2.31. The fourth-order valence-corrected chi connectivity index (χ4v) is 2.36. The first-order valence-electron chi connectivity index (χ1n) is 6.62. The number of rotatable bonds is 4. The third kappa shape index (κ3) is 2.38. The topological polar surface area (TPSA) is 93.5 Å². The minimum atomic E-state index is -0.441. The number of carbonyl (C=O) groups excluding carboxylic acids is 1. The predicted octanol–water partition coefficient (Wildman–Crippen LogP) is 2.14. The van der Waals surface area contributed by atoms with E-state index in [4.69, 9.17) is 4.74 Å².